The second-order valence-corrected chi connectivity index (χ2v) is 4.34. The minimum Gasteiger partial charge on any atom is -0.376 e. The average Bonchev–Trinajstić information content (AvgIpc) is 2.83. The van der Waals surface area contributed by atoms with Gasteiger partial charge in [-0.05, 0) is 13.3 Å². The third kappa shape index (κ3) is 2.42. The summed E-state index contributed by atoms with van der Waals surface area (Å²) in [4.78, 5) is 20.2. The predicted octanol–water partition coefficient (Wildman–Crippen LogP) is 0.284. The maximum Gasteiger partial charge on any atom is 0.354 e. The fourth-order valence-corrected chi connectivity index (χ4v) is 2.29. The number of likely N-dealkylation sites (N-methyl/N-ethyl adjacent to an activating group) is 1. The minimum absolute atomic E-state index is 0.00569. The van der Waals surface area contributed by atoms with Crippen molar-refractivity contribution < 1.29 is 9.66 Å². The van der Waals surface area contributed by atoms with E-state index in [9.17, 15) is 10.1 Å². The Balaban J connectivity index is 2.41. The van der Waals surface area contributed by atoms with Crippen molar-refractivity contribution in [1.29, 1.82) is 0 Å². The van der Waals surface area contributed by atoms with Crippen LogP contribution in [0, 0.1) is 10.1 Å². The van der Waals surface area contributed by atoms with Crippen LogP contribution in [0.3, 0.4) is 0 Å². The molecule has 19 heavy (non-hydrogen) atoms. The number of anilines is 2. The molecule has 2 atom stereocenters. The van der Waals surface area contributed by atoms with Gasteiger partial charge >= 0.3 is 5.69 Å². The molecule has 1 saturated heterocycles. The largest absolute Gasteiger partial charge is 0.376 e. The number of nitrogens with one attached hydrogen (secondary N) is 1. The number of aromatic nitrogens is 2. The van der Waals surface area contributed by atoms with E-state index in [1.54, 1.807) is 11.9 Å². The van der Waals surface area contributed by atoms with Gasteiger partial charge in [0.15, 0.2) is 0 Å². The van der Waals surface area contributed by atoms with Crippen LogP contribution < -0.4 is 16.2 Å². The van der Waals surface area contributed by atoms with Crippen molar-refractivity contribution in [3.8, 4) is 0 Å². The zero-order valence-electron chi connectivity index (χ0n) is 10.7. The lowest BCUT2D eigenvalue weighted by Gasteiger charge is -2.27. The summed E-state index contributed by atoms with van der Waals surface area (Å²) < 4.78 is 5.47. The quantitative estimate of drug-likeness (QED) is 0.454. The van der Waals surface area contributed by atoms with Crippen LogP contribution >= 0.6 is 0 Å². The summed E-state index contributed by atoms with van der Waals surface area (Å²) in [6, 6.07) is 0.0409. The zero-order chi connectivity index (χ0) is 14.0. The normalized spacial score (nSPS) is 22.3. The monoisotopic (exact) mass is 268 g/mol. The van der Waals surface area contributed by atoms with Crippen molar-refractivity contribution in [2.45, 2.75) is 25.5 Å². The fraction of sp³-hybridized carbons (Fsp3) is 0.600. The number of rotatable bonds is 4. The first-order valence-electron chi connectivity index (χ1n) is 5.86. The number of ether oxygens (including phenoxy) is 1. The standard InChI is InChI=1S/C10H16N6O3/c1-6-7(3-4-19-6)15(2)10-8(16(17)18)9(14-11)12-5-13-10/h5-7H,3-4,11H2,1-2H3,(H,12,13,14). The summed E-state index contributed by atoms with van der Waals surface area (Å²) >= 11 is 0. The smallest absolute Gasteiger partial charge is 0.354 e. The van der Waals surface area contributed by atoms with E-state index in [1.807, 2.05) is 6.92 Å². The lowest BCUT2D eigenvalue weighted by molar-refractivity contribution is -0.383. The molecule has 1 fully saturated rings. The van der Waals surface area contributed by atoms with Crippen molar-refractivity contribution in [2.75, 3.05) is 24.0 Å². The number of hydrazine groups is 1. The molecule has 0 spiro atoms. The number of nitrogen functional groups attached to an aromatic ring is 1. The zero-order valence-corrected chi connectivity index (χ0v) is 10.7. The molecule has 0 amide bonds. The van der Waals surface area contributed by atoms with Gasteiger partial charge in [-0.15, -0.1) is 0 Å². The molecule has 0 radical (unpaired) electrons. The van der Waals surface area contributed by atoms with Crippen LogP contribution in [0.5, 0.6) is 0 Å². The van der Waals surface area contributed by atoms with Crippen molar-refractivity contribution in [3.05, 3.63) is 16.4 Å². The molecule has 9 nitrogen and oxygen atoms in total. The highest BCUT2D eigenvalue weighted by Crippen LogP contribution is 2.33. The Kier molecular flexibility index (Phi) is 3.76. The molecule has 1 aliphatic rings. The van der Waals surface area contributed by atoms with E-state index in [4.69, 9.17) is 10.6 Å². The summed E-state index contributed by atoms with van der Waals surface area (Å²) in [6.07, 6.45) is 2.03. The highest BCUT2D eigenvalue weighted by molar-refractivity contribution is 5.70. The van der Waals surface area contributed by atoms with Gasteiger partial charge in [0.25, 0.3) is 0 Å². The summed E-state index contributed by atoms with van der Waals surface area (Å²) in [5, 5.41) is 11.2. The molecule has 0 aromatic carbocycles. The SMILES string of the molecule is CC1OCCC1N(C)c1ncnc(NN)c1[N+](=O)[O-]. The lowest BCUT2D eigenvalue weighted by atomic mass is 10.1. The molecule has 2 heterocycles. The second-order valence-electron chi connectivity index (χ2n) is 4.34. The van der Waals surface area contributed by atoms with Crippen molar-refractivity contribution in [1.82, 2.24) is 9.97 Å². The first kappa shape index (κ1) is 13.4. The van der Waals surface area contributed by atoms with Crippen LogP contribution in [0.25, 0.3) is 0 Å². The van der Waals surface area contributed by atoms with Gasteiger partial charge in [-0.25, -0.2) is 15.8 Å². The third-order valence-electron chi connectivity index (χ3n) is 3.29. The Bertz CT molecular complexity index is 482. The van der Waals surface area contributed by atoms with Crippen molar-refractivity contribution in [3.63, 3.8) is 0 Å². The number of nitro groups is 1. The molecular formula is C10H16N6O3. The molecule has 1 aromatic rings. The molecular weight excluding hydrogens is 252 g/mol. The fourth-order valence-electron chi connectivity index (χ4n) is 2.29. The number of nitrogens with zero attached hydrogens (tertiary/aromatic N) is 4. The van der Waals surface area contributed by atoms with E-state index < -0.39 is 4.92 Å². The Morgan fingerprint density at radius 3 is 2.89 bits per heavy atom. The molecule has 0 bridgehead atoms. The molecule has 2 rings (SSSR count). The predicted molar refractivity (Wildman–Crippen MR) is 68.7 cm³/mol. The van der Waals surface area contributed by atoms with Crippen LogP contribution in [-0.2, 0) is 4.74 Å². The molecule has 9 heteroatoms. The van der Waals surface area contributed by atoms with Crippen LogP contribution in [0.1, 0.15) is 13.3 Å². The topological polar surface area (TPSA) is 119 Å². The number of hydrogen-bond acceptors (Lipinski definition) is 8. The van der Waals surface area contributed by atoms with Gasteiger partial charge in [-0.1, -0.05) is 0 Å². The summed E-state index contributed by atoms with van der Waals surface area (Å²) in [5.74, 6) is 5.48. The summed E-state index contributed by atoms with van der Waals surface area (Å²) in [6.45, 7) is 2.57. The van der Waals surface area contributed by atoms with Gasteiger partial charge in [0, 0.05) is 13.7 Å². The molecule has 1 aromatic heterocycles. The van der Waals surface area contributed by atoms with E-state index in [0.29, 0.717) is 6.61 Å². The van der Waals surface area contributed by atoms with Crippen LogP contribution in [0.15, 0.2) is 6.33 Å². The Hall–Kier alpha value is -2.00. The van der Waals surface area contributed by atoms with Crippen molar-refractivity contribution in [2.24, 2.45) is 5.84 Å². The van der Waals surface area contributed by atoms with Crippen molar-refractivity contribution >= 4 is 17.3 Å². The maximum atomic E-state index is 11.2. The van der Waals surface area contributed by atoms with Gasteiger partial charge in [0.2, 0.25) is 11.6 Å². The van der Waals surface area contributed by atoms with E-state index in [1.165, 1.54) is 6.33 Å². The second kappa shape index (κ2) is 5.33. The van der Waals surface area contributed by atoms with Gasteiger partial charge in [-0.3, -0.25) is 10.1 Å². The van der Waals surface area contributed by atoms with Gasteiger partial charge in [0.05, 0.1) is 17.1 Å². The highest BCUT2D eigenvalue weighted by Gasteiger charge is 2.33. The number of hydrogen-bond donors (Lipinski definition) is 2. The molecule has 0 aliphatic carbocycles. The van der Waals surface area contributed by atoms with E-state index in [2.05, 4.69) is 15.4 Å². The molecule has 2 unspecified atom stereocenters. The summed E-state index contributed by atoms with van der Waals surface area (Å²) in [7, 11) is 1.76. The minimum atomic E-state index is -0.540. The Morgan fingerprint density at radius 1 is 1.63 bits per heavy atom. The average molecular weight is 268 g/mol. The van der Waals surface area contributed by atoms with E-state index in [0.717, 1.165) is 6.42 Å². The molecule has 1 aliphatic heterocycles. The molecule has 3 N–H and O–H groups in total. The Morgan fingerprint density at radius 2 is 2.37 bits per heavy atom. The lowest BCUT2D eigenvalue weighted by Crippen LogP contribution is -2.37. The molecule has 0 saturated carbocycles. The van der Waals surface area contributed by atoms with Gasteiger partial charge < -0.3 is 15.1 Å². The first-order valence-corrected chi connectivity index (χ1v) is 5.86. The maximum absolute atomic E-state index is 11.2. The van der Waals surface area contributed by atoms with Gasteiger partial charge in [-0.2, -0.15) is 0 Å². The van der Waals surface area contributed by atoms with E-state index >= 15 is 0 Å². The summed E-state index contributed by atoms with van der Waals surface area (Å²) in [5.41, 5.74) is 1.99. The van der Waals surface area contributed by atoms with Crippen LogP contribution in [-0.4, -0.2) is 40.7 Å². The first-order chi connectivity index (χ1) is 9.06. The highest BCUT2D eigenvalue weighted by atomic mass is 16.6. The number of nitrogens with two attached hydrogens (primary N) is 1. The van der Waals surface area contributed by atoms with Gasteiger partial charge in [0.1, 0.15) is 6.33 Å². The van der Waals surface area contributed by atoms with E-state index in [-0.39, 0.29) is 29.5 Å². The molecule has 104 valence electrons. The third-order valence-corrected chi connectivity index (χ3v) is 3.29. The Labute approximate surface area is 109 Å². The van der Waals surface area contributed by atoms with Crippen LogP contribution in [0.4, 0.5) is 17.3 Å². The van der Waals surface area contributed by atoms with Crippen LogP contribution in [0.2, 0.25) is 0 Å².